The fraction of sp³-hybridized carbons (Fsp3) is 0.733. The molecule has 0 aromatic carbocycles. The molecule has 0 aliphatic carbocycles. The zero-order valence-electron chi connectivity index (χ0n) is 14.2. The summed E-state index contributed by atoms with van der Waals surface area (Å²) in [6.07, 6.45) is -1.67. The van der Waals surface area contributed by atoms with Gasteiger partial charge in [0.05, 0.1) is 13.0 Å². The predicted octanol–water partition coefficient (Wildman–Crippen LogP) is -0.871. The first-order valence-corrected chi connectivity index (χ1v) is 8.91. The molecule has 10 heteroatoms. The Balaban J connectivity index is 2.96. The van der Waals surface area contributed by atoms with E-state index in [1.54, 1.807) is 13.8 Å². The van der Waals surface area contributed by atoms with Crippen LogP contribution in [0.3, 0.4) is 0 Å². The molecule has 0 saturated carbocycles. The summed E-state index contributed by atoms with van der Waals surface area (Å²) in [5.74, 6) is -2.60. The van der Waals surface area contributed by atoms with Crippen LogP contribution in [-0.2, 0) is 23.9 Å². The van der Waals surface area contributed by atoms with Crippen LogP contribution < -0.4 is 10.6 Å². The summed E-state index contributed by atoms with van der Waals surface area (Å²) in [5.41, 5.74) is -1.06. The van der Waals surface area contributed by atoms with E-state index >= 15 is 0 Å². The van der Waals surface area contributed by atoms with Crippen LogP contribution in [0.2, 0.25) is 0 Å². The van der Waals surface area contributed by atoms with E-state index in [4.69, 9.17) is 4.74 Å². The molecule has 0 radical (unpaired) electrons. The number of hydrogen-bond donors (Lipinski definition) is 4. The van der Waals surface area contributed by atoms with Crippen LogP contribution in [0.5, 0.6) is 0 Å². The van der Waals surface area contributed by atoms with Crippen molar-refractivity contribution in [2.45, 2.75) is 38.0 Å². The molecule has 1 saturated heterocycles. The molecule has 0 aromatic heterocycles. The maximum atomic E-state index is 12.3. The molecule has 1 aliphatic heterocycles. The van der Waals surface area contributed by atoms with Gasteiger partial charge in [-0.3, -0.25) is 19.2 Å². The summed E-state index contributed by atoms with van der Waals surface area (Å²) in [6, 6.07) is 0. The van der Waals surface area contributed by atoms with Gasteiger partial charge in [0, 0.05) is 30.7 Å². The van der Waals surface area contributed by atoms with Gasteiger partial charge in [-0.15, -0.1) is 11.8 Å². The Morgan fingerprint density at radius 3 is 2.56 bits per heavy atom. The number of carboxylic acid groups (broad SMARTS) is 1. The number of aliphatic hydroxyl groups is 1. The topological polar surface area (TPSA) is 142 Å². The number of carboxylic acids is 1. The second kappa shape index (κ2) is 9.62. The fourth-order valence-electron chi connectivity index (χ4n) is 2.07. The second-order valence-electron chi connectivity index (χ2n) is 6.31. The summed E-state index contributed by atoms with van der Waals surface area (Å²) < 4.78 is 5.18. The number of hydrogen-bond acceptors (Lipinski definition) is 7. The van der Waals surface area contributed by atoms with E-state index < -0.39 is 47.6 Å². The number of ether oxygens (including phenoxy) is 1. The molecule has 1 heterocycles. The molecule has 25 heavy (non-hydrogen) atoms. The first-order chi connectivity index (χ1) is 11.7. The van der Waals surface area contributed by atoms with E-state index in [9.17, 15) is 29.4 Å². The van der Waals surface area contributed by atoms with Crippen LogP contribution in [-0.4, -0.2) is 70.8 Å². The molecule has 1 unspecified atom stereocenters. The van der Waals surface area contributed by atoms with Crippen LogP contribution in [0.25, 0.3) is 0 Å². The molecule has 142 valence electrons. The molecular weight excluding hydrogens is 352 g/mol. The Kier molecular flexibility index (Phi) is 8.17. The monoisotopic (exact) mass is 376 g/mol. The third-order valence-corrected chi connectivity index (χ3v) is 4.84. The highest BCUT2D eigenvalue weighted by molar-refractivity contribution is 8.00. The third-order valence-electron chi connectivity index (χ3n) is 3.63. The smallest absolute Gasteiger partial charge is 0.317 e. The highest BCUT2D eigenvalue weighted by Gasteiger charge is 2.39. The minimum atomic E-state index is -1.30. The van der Waals surface area contributed by atoms with Crippen LogP contribution in [0, 0.1) is 5.41 Å². The molecule has 1 fully saturated rings. The standard InChI is InChI=1S/C15H24N2O7S/c1-15(2,8-18)12-13(21)17-4-3-10(19)16-5-6-25-9(14(22)23)7-11(20)24-12/h9,12,18H,3-8H2,1-2H3,(H,16,19)(H,17,21)(H,22,23)/t9?,12-/m0/s1. The number of amides is 2. The number of carbonyl (C=O) groups excluding carboxylic acids is 3. The SMILES string of the molecule is CC(C)(CO)[C@H]1OC(=O)CC(C(=O)O)SCCNC(=O)CCNC1=O. The predicted molar refractivity (Wildman–Crippen MR) is 89.9 cm³/mol. The minimum absolute atomic E-state index is 0.0407. The lowest BCUT2D eigenvalue weighted by molar-refractivity contribution is -0.166. The van der Waals surface area contributed by atoms with Crippen molar-refractivity contribution in [3.63, 3.8) is 0 Å². The van der Waals surface area contributed by atoms with E-state index in [0.29, 0.717) is 5.75 Å². The van der Waals surface area contributed by atoms with E-state index in [2.05, 4.69) is 10.6 Å². The molecule has 2 atom stereocenters. The van der Waals surface area contributed by atoms with Crippen molar-refractivity contribution < 1.29 is 34.1 Å². The van der Waals surface area contributed by atoms with E-state index in [1.807, 2.05) is 0 Å². The van der Waals surface area contributed by atoms with Gasteiger partial charge in [-0.1, -0.05) is 13.8 Å². The first kappa shape index (κ1) is 21.2. The van der Waals surface area contributed by atoms with Crippen molar-refractivity contribution in [1.29, 1.82) is 0 Å². The van der Waals surface area contributed by atoms with E-state index in [-0.39, 0.29) is 25.4 Å². The molecule has 9 nitrogen and oxygen atoms in total. The van der Waals surface area contributed by atoms with Gasteiger partial charge in [-0.05, 0) is 0 Å². The van der Waals surface area contributed by atoms with Gasteiger partial charge in [0.2, 0.25) is 5.91 Å². The van der Waals surface area contributed by atoms with Crippen molar-refractivity contribution in [2.24, 2.45) is 5.41 Å². The Hall–Kier alpha value is -1.81. The average Bonchev–Trinajstić information content (AvgIpc) is 2.54. The van der Waals surface area contributed by atoms with Gasteiger partial charge in [-0.2, -0.15) is 0 Å². The molecule has 1 aliphatic rings. The summed E-state index contributed by atoms with van der Waals surface area (Å²) in [7, 11) is 0. The lowest BCUT2D eigenvalue weighted by Gasteiger charge is -2.31. The fourth-order valence-corrected chi connectivity index (χ4v) is 2.97. The highest BCUT2D eigenvalue weighted by Crippen LogP contribution is 2.25. The van der Waals surface area contributed by atoms with Crippen molar-refractivity contribution in [3.8, 4) is 0 Å². The molecule has 0 spiro atoms. The van der Waals surface area contributed by atoms with Crippen LogP contribution in [0.1, 0.15) is 26.7 Å². The maximum absolute atomic E-state index is 12.3. The number of thioether (sulfide) groups is 1. The number of nitrogens with one attached hydrogen (secondary N) is 2. The van der Waals surface area contributed by atoms with Gasteiger partial charge in [0.25, 0.3) is 5.91 Å². The number of cyclic esters (lactones) is 1. The summed E-state index contributed by atoms with van der Waals surface area (Å²) in [5, 5.41) is 22.7. The van der Waals surface area contributed by atoms with Gasteiger partial charge < -0.3 is 25.6 Å². The number of rotatable bonds is 3. The molecule has 4 N–H and O–H groups in total. The van der Waals surface area contributed by atoms with E-state index in [1.165, 1.54) is 0 Å². The number of aliphatic hydroxyl groups excluding tert-OH is 1. The summed E-state index contributed by atoms with van der Waals surface area (Å²) >= 11 is 1.01. The van der Waals surface area contributed by atoms with Crippen molar-refractivity contribution in [3.05, 3.63) is 0 Å². The summed E-state index contributed by atoms with van der Waals surface area (Å²) in [4.78, 5) is 47.3. The van der Waals surface area contributed by atoms with Crippen molar-refractivity contribution >= 4 is 35.5 Å². The summed E-state index contributed by atoms with van der Waals surface area (Å²) in [6.45, 7) is 2.99. The van der Waals surface area contributed by atoms with Crippen molar-refractivity contribution in [1.82, 2.24) is 10.6 Å². The maximum Gasteiger partial charge on any atom is 0.317 e. The van der Waals surface area contributed by atoms with Gasteiger partial charge in [0.15, 0.2) is 6.10 Å². The van der Waals surface area contributed by atoms with Gasteiger partial charge in [0.1, 0.15) is 5.25 Å². The highest BCUT2D eigenvalue weighted by atomic mass is 32.2. The molecule has 2 amide bonds. The second-order valence-corrected chi connectivity index (χ2v) is 7.62. The molecule has 0 aromatic rings. The van der Waals surface area contributed by atoms with Gasteiger partial charge in [-0.25, -0.2) is 0 Å². The van der Waals surface area contributed by atoms with Crippen LogP contribution >= 0.6 is 11.8 Å². The molecule has 0 bridgehead atoms. The Labute approximate surface area is 149 Å². The lowest BCUT2D eigenvalue weighted by Crippen LogP contribution is -2.49. The lowest BCUT2D eigenvalue weighted by atomic mass is 9.86. The largest absolute Gasteiger partial charge is 0.480 e. The molecule has 1 rings (SSSR count). The Bertz CT molecular complexity index is 524. The third kappa shape index (κ3) is 6.91. The zero-order chi connectivity index (χ0) is 19.0. The Morgan fingerprint density at radius 1 is 1.28 bits per heavy atom. The zero-order valence-corrected chi connectivity index (χ0v) is 15.1. The van der Waals surface area contributed by atoms with E-state index in [0.717, 1.165) is 11.8 Å². The molecular formula is C15H24N2O7S. The first-order valence-electron chi connectivity index (χ1n) is 7.86. The normalized spacial score (nSPS) is 24.5. The van der Waals surface area contributed by atoms with Crippen LogP contribution in [0.15, 0.2) is 0 Å². The van der Waals surface area contributed by atoms with Crippen molar-refractivity contribution in [2.75, 3.05) is 25.4 Å². The number of esters is 1. The minimum Gasteiger partial charge on any atom is -0.480 e. The average molecular weight is 376 g/mol. The van der Waals surface area contributed by atoms with Gasteiger partial charge >= 0.3 is 11.9 Å². The quantitative estimate of drug-likeness (QED) is 0.466. The number of carbonyl (C=O) groups is 4. The number of aliphatic carboxylic acids is 1. The Morgan fingerprint density at radius 2 is 1.96 bits per heavy atom. The van der Waals surface area contributed by atoms with Crippen LogP contribution in [0.4, 0.5) is 0 Å².